The van der Waals surface area contributed by atoms with Gasteiger partial charge in [0.1, 0.15) is 24.4 Å². The van der Waals surface area contributed by atoms with E-state index in [1.807, 2.05) is 24.3 Å². The first-order valence-corrected chi connectivity index (χ1v) is 31.5. The third kappa shape index (κ3) is 22.1. The van der Waals surface area contributed by atoms with Crippen molar-refractivity contribution in [3.63, 3.8) is 0 Å². The molecule has 424 valence electrons. The molecule has 0 spiro atoms. The standard InChI is InChI=1S/C67H106F5N2O/c1-7-11-15-19-23-27-29-33-37-41-49-73(50-42-38-34-30-28-24-20-16-12-8-2)55-45-47-57-59(51-55)75-60-52-56(46-48-58(60)61(57)62-63(68)65(70)67(72)66(71)64(62)69)74(53(5)43-39-35-31-25-21-17-13-9-3)54(6)44-40-36-32-26-22-18-14-10-4/h45-48,51-54H,7-44,49-50H2,1-6H3/q+1. The Morgan fingerprint density at radius 3 is 1.16 bits per heavy atom. The Hall–Kier alpha value is -3.42. The van der Waals surface area contributed by atoms with Crippen LogP contribution in [-0.4, -0.2) is 25.2 Å². The molecule has 2 atom stereocenters. The second-order valence-electron chi connectivity index (χ2n) is 22.8. The van der Waals surface area contributed by atoms with E-state index < -0.39 is 34.6 Å². The molecule has 8 heteroatoms. The predicted octanol–water partition coefficient (Wildman–Crippen LogP) is 22.2. The van der Waals surface area contributed by atoms with E-state index in [2.05, 4.69) is 51.0 Å². The molecule has 0 aromatic heterocycles. The molecule has 1 aliphatic carbocycles. The number of unbranched alkanes of at least 4 members (excludes halogenated alkanes) is 32. The zero-order valence-corrected chi connectivity index (χ0v) is 48.6. The molecule has 2 aromatic carbocycles. The molecule has 0 N–H and O–H groups in total. The Kier molecular flexibility index (Phi) is 32.7. The van der Waals surface area contributed by atoms with Gasteiger partial charge in [-0.15, -0.1) is 0 Å². The first-order valence-electron chi connectivity index (χ1n) is 31.5. The summed E-state index contributed by atoms with van der Waals surface area (Å²) in [5.74, 6) is -9.37. The van der Waals surface area contributed by atoms with Crippen molar-refractivity contribution in [2.24, 2.45) is 0 Å². The highest BCUT2D eigenvalue weighted by atomic mass is 19.2. The van der Waals surface area contributed by atoms with E-state index in [0.717, 1.165) is 75.5 Å². The number of hydrogen-bond donors (Lipinski definition) is 0. The molecular formula is C67H106F5N2O+. The zero-order valence-electron chi connectivity index (χ0n) is 48.6. The smallest absolute Gasteiger partial charge is 0.203 e. The van der Waals surface area contributed by atoms with Gasteiger partial charge in [-0.25, -0.2) is 26.5 Å². The zero-order chi connectivity index (χ0) is 54.0. The number of anilines is 1. The molecular weight excluding hydrogens is 944 g/mol. The summed E-state index contributed by atoms with van der Waals surface area (Å²) in [5, 5.41) is 1.25. The van der Waals surface area contributed by atoms with Crippen LogP contribution in [0.5, 0.6) is 0 Å². The lowest BCUT2D eigenvalue weighted by Crippen LogP contribution is -2.40. The van der Waals surface area contributed by atoms with Crippen LogP contribution in [0.3, 0.4) is 0 Å². The van der Waals surface area contributed by atoms with E-state index in [9.17, 15) is 4.39 Å². The third-order valence-electron chi connectivity index (χ3n) is 16.3. The molecule has 0 amide bonds. The molecule has 2 aromatic rings. The Morgan fingerprint density at radius 1 is 0.400 bits per heavy atom. The molecule has 2 aliphatic rings. The fourth-order valence-corrected chi connectivity index (χ4v) is 11.6. The van der Waals surface area contributed by atoms with Crippen molar-refractivity contribution < 1.29 is 26.4 Å². The minimum Gasteiger partial charge on any atom is -0.456 e. The van der Waals surface area contributed by atoms with Crippen LogP contribution in [0.4, 0.5) is 27.6 Å². The molecule has 0 fully saturated rings. The summed E-state index contributed by atoms with van der Waals surface area (Å²) in [5.41, 5.74) is 0.637. The molecule has 4 rings (SSSR count). The number of hydrogen-bond acceptors (Lipinski definition) is 2. The Labute approximate surface area is 454 Å². The van der Waals surface area contributed by atoms with Gasteiger partial charge in [0, 0.05) is 59.3 Å². The van der Waals surface area contributed by atoms with E-state index in [1.54, 1.807) is 12.1 Å². The predicted molar refractivity (Wildman–Crippen MR) is 313 cm³/mol. The van der Waals surface area contributed by atoms with Crippen molar-refractivity contribution in [3.8, 4) is 22.5 Å². The van der Waals surface area contributed by atoms with Gasteiger partial charge in [-0.05, 0) is 57.7 Å². The van der Waals surface area contributed by atoms with Crippen LogP contribution in [0.2, 0.25) is 0 Å². The van der Waals surface area contributed by atoms with Gasteiger partial charge in [0.05, 0.1) is 11.6 Å². The maximum absolute atomic E-state index is 16.1. The first kappa shape index (κ1) is 64.1. The normalized spacial score (nSPS) is 12.6. The third-order valence-corrected chi connectivity index (χ3v) is 16.3. The molecule has 0 saturated heterocycles. The molecule has 3 nitrogen and oxygen atoms in total. The van der Waals surface area contributed by atoms with Crippen molar-refractivity contribution in [2.45, 2.75) is 298 Å². The second-order valence-corrected chi connectivity index (χ2v) is 22.8. The van der Waals surface area contributed by atoms with Crippen LogP contribution in [0, 0.1) is 29.1 Å². The number of fused-ring (bicyclic) bond motifs is 2. The highest BCUT2D eigenvalue weighted by molar-refractivity contribution is 6.03. The van der Waals surface area contributed by atoms with Crippen molar-refractivity contribution in [1.82, 2.24) is 4.58 Å². The van der Waals surface area contributed by atoms with Crippen LogP contribution in [0.25, 0.3) is 33.4 Å². The van der Waals surface area contributed by atoms with E-state index in [1.165, 1.54) is 193 Å². The minimum atomic E-state index is -2.16. The number of halogens is 5. The van der Waals surface area contributed by atoms with Crippen LogP contribution in [-0.2, 0) is 0 Å². The highest BCUT2D eigenvalue weighted by Gasteiger charge is 2.31. The van der Waals surface area contributed by atoms with Crippen LogP contribution in [0.15, 0.2) is 40.8 Å². The van der Waals surface area contributed by atoms with Gasteiger partial charge in [-0.3, -0.25) is 0 Å². The lowest BCUT2D eigenvalue weighted by molar-refractivity contribution is 0.381. The Morgan fingerprint density at radius 2 is 0.760 bits per heavy atom. The maximum atomic E-state index is 16.1. The quantitative estimate of drug-likeness (QED) is 0.0110. The molecule has 1 aliphatic heterocycles. The highest BCUT2D eigenvalue weighted by Crippen LogP contribution is 2.44. The Bertz CT molecular complexity index is 2100. The summed E-state index contributed by atoms with van der Waals surface area (Å²) in [6.07, 6.45) is 47.0. The maximum Gasteiger partial charge on any atom is 0.203 e. The minimum absolute atomic E-state index is 0.0430. The van der Waals surface area contributed by atoms with Gasteiger partial charge in [-0.1, -0.05) is 233 Å². The second kappa shape index (κ2) is 38.2. The van der Waals surface area contributed by atoms with Crippen molar-refractivity contribution in [3.05, 3.63) is 70.8 Å². The fraction of sp³-hybridized carbons (Fsp3) is 0.716. The van der Waals surface area contributed by atoms with Gasteiger partial charge >= 0.3 is 0 Å². The average Bonchev–Trinajstić information content (AvgIpc) is 3.41. The monoisotopic (exact) mass is 1050 g/mol. The van der Waals surface area contributed by atoms with Gasteiger partial charge in [0.2, 0.25) is 11.2 Å². The summed E-state index contributed by atoms with van der Waals surface area (Å²) in [4.78, 5) is 2.50. The number of nitrogens with zero attached hydrogens (tertiary/aromatic N) is 2. The molecule has 2 unspecified atom stereocenters. The molecule has 75 heavy (non-hydrogen) atoms. The SMILES string of the molecule is CCCCCCCCCCCC[N+](CCCCCCCCCCCC)=c1ccc2c(-c3c(F)c(F)c(F)c(F)c3F)c3ccc(N(C(C)CCCCCCCCCC)C(C)CCCCCCCCCC)cc3oc-2c1. The van der Waals surface area contributed by atoms with Gasteiger partial charge in [0.25, 0.3) is 0 Å². The van der Waals surface area contributed by atoms with Gasteiger partial charge in [0.15, 0.2) is 23.3 Å². The topological polar surface area (TPSA) is 19.4 Å². The number of rotatable bonds is 44. The first-order chi connectivity index (χ1) is 36.6. The van der Waals surface area contributed by atoms with Gasteiger partial charge < -0.3 is 9.32 Å². The summed E-state index contributed by atoms with van der Waals surface area (Å²) in [7, 11) is 0. The molecule has 0 saturated carbocycles. The van der Waals surface area contributed by atoms with Crippen LogP contribution >= 0.6 is 0 Å². The lowest BCUT2D eigenvalue weighted by atomic mass is 9.92. The van der Waals surface area contributed by atoms with Crippen molar-refractivity contribution in [2.75, 3.05) is 18.0 Å². The van der Waals surface area contributed by atoms with E-state index in [4.69, 9.17) is 4.42 Å². The summed E-state index contributed by atoms with van der Waals surface area (Å²) >= 11 is 0. The Balaban J connectivity index is 1.75. The van der Waals surface area contributed by atoms with Crippen molar-refractivity contribution >= 4 is 16.7 Å². The summed E-state index contributed by atoms with van der Waals surface area (Å²) < 4.78 is 86.7. The van der Waals surface area contributed by atoms with E-state index in [-0.39, 0.29) is 17.6 Å². The van der Waals surface area contributed by atoms with Crippen LogP contribution in [0.1, 0.15) is 286 Å². The molecule has 1 heterocycles. The van der Waals surface area contributed by atoms with Gasteiger partial charge in [-0.2, -0.15) is 0 Å². The van der Waals surface area contributed by atoms with Crippen molar-refractivity contribution in [1.29, 1.82) is 0 Å². The lowest BCUT2D eigenvalue weighted by Gasteiger charge is -2.37. The largest absolute Gasteiger partial charge is 0.456 e. The molecule has 0 radical (unpaired) electrons. The van der Waals surface area contributed by atoms with Crippen LogP contribution < -0.4 is 14.8 Å². The fourth-order valence-electron chi connectivity index (χ4n) is 11.6. The summed E-state index contributed by atoms with van der Waals surface area (Å²) in [6.45, 7) is 15.4. The van der Waals surface area contributed by atoms with E-state index >= 15 is 17.6 Å². The summed E-state index contributed by atoms with van der Waals surface area (Å²) in [6, 6.07) is 11.8. The average molecular weight is 1050 g/mol. The van der Waals surface area contributed by atoms with E-state index in [0.29, 0.717) is 22.3 Å². The molecule has 0 bridgehead atoms. The number of benzene rings is 3.